The quantitative estimate of drug-likeness (QED) is 0.113. The molecule has 4 rings (SSSR count). The molecule has 4 aliphatic heterocycles. The summed E-state index contributed by atoms with van der Waals surface area (Å²) in [4.78, 5) is 12.1. The van der Waals surface area contributed by atoms with Crippen LogP contribution in [0.3, 0.4) is 0 Å². The minimum absolute atomic E-state index is 0.0133. The van der Waals surface area contributed by atoms with Crippen molar-refractivity contribution in [1.82, 2.24) is 0 Å². The summed E-state index contributed by atoms with van der Waals surface area (Å²) in [5, 5.41) is 82.1. The number of aliphatic hydroxyl groups is 8. The van der Waals surface area contributed by atoms with Gasteiger partial charge in [-0.1, -0.05) is 6.08 Å². The lowest BCUT2D eigenvalue weighted by molar-refractivity contribution is -0.376. The van der Waals surface area contributed by atoms with Crippen LogP contribution < -0.4 is 0 Å². The molecule has 0 aliphatic carbocycles. The van der Waals surface area contributed by atoms with Crippen LogP contribution in [-0.2, 0) is 33.2 Å². The number of hydrogen-bond donors (Lipinski definition) is 8. The summed E-state index contributed by atoms with van der Waals surface area (Å²) in [5.74, 6) is -1.80. The predicted octanol–water partition coefficient (Wildman–Crippen LogP) is -4.65. The van der Waals surface area contributed by atoms with E-state index in [1.807, 2.05) is 0 Å². The van der Waals surface area contributed by atoms with Crippen molar-refractivity contribution in [2.24, 2.45) is 5.92 Å². The average molecular weight is 536 g/mol. The zero-order chi connectivity index (χ0) is 27.1. The lowest BCUT2D eigenvalue weighted by atomic mass is 9.76. The summed E-state index contributed by atoms with van der Waals surface area (Å²) >= 11 is 0. The Hall–Kier alpha value is -1.73. The molecule has 0 spiro atoms. The van der Waals surface area contributed by atoms with Crippen LogP contribution in [0.1, 0.15) is 6.42 Å². The minimum atomic E-state index is -1.83. The van der Waals surface area contributed by atoms with E-state index in [0.717, 1.165) is 6.26 Å². The molecule has 4 heterocycles. The minimum Gasteiger partial charge on any atom is -0.471 e. The van der Waals surface area contributed by atoms with Crippen molar-refractivity contribution in [3.63, 3.8) is 0 Å². The van der Waals surface area contributed by atoms with E-state index in [1.54, 1.807) is 0 Å². The van der Waals surface area contributed by atoms with Crippen LogP contribution in [0.15, 0.2) is 24.5 Å². The van der Waals surface area contributed by atoms with E-state index < -0.39 is 98.4 Å². The summed E-state index contributed by atoms with van der Waals surface area (Å²) in [6.45, 7) is 2.11. The number of esters is 1. The van der Waals surface area contributed by atoms with E-state index in [1.165, 1.54) is 6.08 Å². The average Bonchev–Trinajstić information content (AvgIpc) is 2.87. The van der Waals surface area contributed by atoms with Crippen LogP contribution in [-0.4, -0.2) is 140 Å². The van der Waals surface area contributed by atoms with Gasteiger partial charge in [0.1, 0.15) is 60.0 Å². The molecule has 0 aromatic carbocycles. The third kappa shape index (κ3) is 5.03. The van der Waals surface area contributed by atoms with Gasteiger partial charge < -0.3 is 69.3 Å². The van der Waals surface area contributed by atoms with E-state index in [-0.39, 0.29) is 18.6 Å². The van der Waals surface area contributed by atoms with Gasteiger partial charge in [0.2, 0.25) is 6.29 Å². The summed E-state index contributed by atoms with van der Waals surface area (Å²) in [5.41, 5.74) is -1.89. The highest BCUT2D eigenvalue weighted by Crippen LogP contribution is 2.42. The topological polar surface area (TPSA) is 234 Å². The standard InChI is InChI=1S/C22H32O15/c1-2-8-19(33-7-9-18(30)32-4-3-22(8,9)31)37-21-16(29)17(13(26)11(6-24)35-21)36-20-15(28)14(27)12(25)10(5-23)34-20/h2,7-8,10-17,19-21,23-29,31H,1,3-6H2/t8-,10+,11+,12-,13+,14-,15+,16+,17-,19-,20-,21-,22+/m0/s1. The summed E-state index contributed by atoms with van der Waals surface area (Å²) in [7, 11) is 0. The SMILES string of the molecule is C=C[C@H]1[C@H](O[C@@H]2O[C@H](CO)[C@@H](O)[C@H](O[C@@H]3O[C@H](CO)[C@H](O)[C@H](O)[C@H]3O)[C@H]2O)OC=C2C(=O)OCC[C@]21O. The van der Waals surface area contributed by atoms with Gasteiger partial charge in [-0.05, 0) is 0 Å². The molecule has 0 aromatic rings. The molecule has 0 aromatic heterocycles. The zero-order valence-corrected chi connectivity index (χ0v) is 19.6. The molecule has 0 bridgehead atoms. The Labute approximate surface area is 210 Å². The number of hydrogen-bond acceptors (Lipinski definition) is 15. The lowest BCUT2D eigenvalue weighted by Crippen LogP contribution is -2.65. The van der Waals surface area contributed by atoms with Crippen LogP contribution in [0.2, 0.25) is 0 Å². The Balaban J connectivity index is 1.53. The Morgan fingerprint density at radius 3 is 2.16 bits per heavy atom. The first kappa shape index (κ1) is 28.3. The third-order valence-corrected chi connectivity index (χ3v) is 7.05. The second-order valence-corrected chi connectivity index (χ2v) is 9.25. The fourth-order valence-electron chi connectivity index (χ4n) is 4.85. The fourth-order valence-corrected chi connectivity index (χ4v) is 4.85. The molecule has 0 saturated carbocycles. The molecule has 0 unspecified atom stereocenters. The molecule has 4 aliphatic rings. The molecule has 15 heteroatoms. The van der Waals surface area contributed by atoms with Gasteiger partial charge in [-0.2, -0.15) is 0 Å². The monoisotopic (exact) mass is 536 g/mol. The number of cyclic esters (lactones) is 1. The van der Waals surface area contributed by atoms with Crippen molar-refractivity contribution in [2.45, 2.75) is 79.7 Å². The molecule has 13 atom stereocenters. The fraction of sp³-hybridized carbons (Fsp3) is 0.773. The van der Waals surface area contributed by atoms with E-state index in [0.29, 0.717) is 0 Å². The van der Waals surface area contributed by atoms with E-state index in [2.05, 4.69) is 6.58 Å². The predicted molar refractivity (Wildman–Crippen MR) is 115 cm³/mol. The number of ether oxygens (including phenoxy) is 6. The molecule has 0 amide bonds. The first-order valence-electron chi connectivity index (χ1n) is 11.7. The van der Waals surface area contributed by atoms with Crippen molar-refractivity contribution in [1.29, 1.82) is 0 Å². The summed E-state index contributed by atoms with van der Waals surface area (Å²) in [6.07, 6.45) is -15.5. The molecule has 15 nitrogen and oxygen atoms in total. The van der Waals surface area contributed by atoms with Gasteiger partial charge in [0.05, 0.1) is 32.0 Å². The highest BCUT2D eigenvalue weighted by Gasteiger charge is 2.55. The summed E-state index contributed by atoms with van der Waals surface area (Å²) in [6, 6.07) is 0. The van der Waals surface area contributed by atoms with Gasteiger partial charge in [0.15, 0.2) is 12.6 Å². The van der Waals surface area contributed by atoms with Crippen LogP contribution in [0.25, 0.3) is 0 Å². The largest absolute Gasteiger partial charge is 0.471 e. The molecule has 3 saturated heterocycles. The molecular weight excluding hydrogens is 504 g/mol. The van der Waals surface area contributed by atoms with Crippen LogP contribution in [0.5, 0.6) is 0 Å². The maximum absolute atomic E-state index is 12.1. The number of fused-ring (bicyclic) bond motifs is 1. The van der Waals surface area contributed by atoms with Crippen LogP contribution in [0, 0.1) is 5.92 Å². The number of carbonyl (C=O) groups excluding carboxylic acids is 1. The highest BCUT2D eigenvalue weighted by molar-refractivity contribution is 5.91. The molecule has 3 fully saturated rings. The Morgan fingerprint density at radius 1 is 0.919 bits per heavy atom. The Kier molecular flexibility index (Phi) is 8.54. The van der Waals surface area contributed by atoms with Gasteiger partial charge in [0, 0.05) is 6.42 Å². The van der Waals surface area contributed by atoms with Gasteiger partial charge >= 0.3 is 5.97 Å². The molecule has 0 radical (unpaired) electrons. The first-order chi connectivity index (χ1) is 17.6. The van der Waals surface area contributed by atoms with E-state index in [9.17, 15) is 45.6 Å². The van der Waals surface area contributed by atoms with E-state index in [4.69, 9.17) is 28.4 Å². The maximum Gasteiger partial charge on any atom is 0.340 e. The summed E-state index contributed by atoms with van der Waals surface area (Å²) < 4.78 is 32.4. The van der Waals surface area contributed by atoms with Crippen molar-refractivity contribution < 1.29 is 74.1 Å². The maximum atomic E-state index is 12.1. The number of carbonyl (C=O) groups is 1. The van der Waals surface area contributed by atoms with Crippen molar-refractivity contribution >= 4 is 5.97 Å². The van der Waals surface area contributed by atoms with Gasteiger partial charge in [-0.15, -0.1) is 6.58 Å². The number of aliphatic hydroxyl groups excluding tert-OH is 7. The lowest BCUT2D eigenvalue weighted by Gasteiger charge is -2.48. The van der Waals surface area contributed by atoms with Gasteiger partial charge in [-0.25, -0.2) is 4.79 Å². The Morgan fingerprint density at radius 2 is 1.54 bits per heavy atom. The molecule has 210 valence electrons. The molecule has 37 heavy (non-hydrogen) atoms. The van der Waals surface area contributed by atoms with Gasteiger partial charge in [0.25, 0.3) is 0 Å². The van der Waals surface area contributed by atoms with Crippen molar-refractivity contribution in [3.8, 4) is 0 Å². The van der Waals surface area contributed by atoms with Crippen molar-refractivity contribution in [2.75, 3.05) is 19.8 Å². The smallest absolute Gasteiger partial charge is 0.340 e. The number of rotatable bonds is 7. The third-order valence-electron chi connectivity index (χ3n) is 7.05. The normalized spacial score (nSPS) is 48.3. The van der Waals surface area contributed by atoms with Crippen LogP contribution in [0.4, 0.5) is 0 Å². The van der Waals surface area contributed by atoms with Crippen molar-refractivity contribution in [3.05, 3.63) is 24.5 Å². The Bertz CT molecular complexity index is 865. The van der Waals surface area contributed by atoms with E-state index >= 15 is 0 Å². The van der Waals surface area contributed by atoms with Crippen LogP contribution >= 0.6 is 0 Å². The first-order valence-corrected chi connectivity index (χ1v) is 11.7. The highest BCUT2D eigenvalue weighted by atomic mass is 16.8. The van der Waals surface area contributed by atoms with Gasteiger partial charge in [-0.3, -0.25) is 0 Å². The molecular formula is C22H32O15. The second kappa shape index (κ2) is 11.2. The second-order valence-electron chi connectivity index (χ2n) is 9.25. The zero-order valence-electron chi connectivity index (χ0n) is 19.6. The molecule has 8 N–H and O–H groups in total.